The largest absolute Gasteiger partial charge is 0.464 e. The number of benzene rings is 1. The van der Waals surface area contributed by atoms with Gasteiger partial charge in [-0.05, 0) is 42.6 Å². The van der Waals surface area contributed by atoms with Crippen LogP contribution in [-0.4, -0.2) is 25.7 Å². The summed E-state index contributed by atoms with van der Waals surface area (Å²) in [5.41, 5.74) is 1.70. The highest BCUT2D eigenvalue weighted by Crippen LogP contribution is 2.24. The molecule has 0 saturated carbocycles. The predicted octanol–water partition coefficient (Wildman–Crippen LogP) is 2.66. The van der Waals surface area contributed by atoms with Gasteiger partial charge in [0.05, 0.1) is 6.61 Å². The Labute approximate surface area is 112 Å². The van der Waals surface area contributed by atoms with Crippen LogP contribution in [0.25, 0.3) is 0 Å². The number of anilines is 1. The maximum atomic E-state index is 11.6. The van der Waals surface area contributed by atoms with E-state index in [-0.39, 0.29) is 6.61 Å². The summed E-state index contributed by atoms with van der Waals surface area (Å²) in [6, 6.07) is 6.34. The molecule has 19 heavy (non-hydrogen) atoms. The molecule has 1 atom stereocenters. The Hall–Kier alpha value is -1.91. The lowest BCUT2D eigenvalue weighted by atomic mass is 10.1. The fraction of sp³-hybridized carbons (Fsp3) is 0.500. The summed E-state index contributed by atoms with van der Waals surface area (Å²) in [6.45, 7) is 4.08. The van der Waals surface area contributed by atoms with Crippen molar-refractivity contribution >= 4 is 11.7 Å². The van der Waals surface area contributed by atoms with E-state index in [9.17, 15) is 9.70 Å². The van der Waals surface area contributed by atoms with Crippen LogP contribution in [0, 0.1) is 4.91 Å². The van der Waals surface area contributed by atoms with Crippen LogP contribution in [0.5, 0.6) is 0 Å². The molecule has 0 N–H and O–H groups in total. The molecule has 1 aliphatic heterocycles. The van der Waals surface area contributed by atoms with Gasteiger partial charge in [0, 0.05) is 18.8 Å². The molecular weight excluding hydrogens is 244 g/mol. The first-order valence-electron chi connectivity index (χ1n) is 6.60. The lowest BCUT2D eigenvalue weighted by Gasteiger charge is -2.18. The quantitative estimate of drug-likeness (QED) is 0.604. The number of rotatable bonds is 5. The second-order valence-electron chi connectivity index (χ2n) is 4.55. The number of esters is 1. The van der Waals surface area contributed by atoms with Crippen molar-refractivity contribution < 1.29 is 9.53 Å². The van der Waals surface area contributed by atoms with Gasteiger partial charge in [-0.3, -0.25) is 0 Å². The minimum atomic E-state index is -1.06. The molecule has 0 aromatic heterocycles. The molecule has 5 heteroatoms. The Morgan fingerprint density at radius 2 is 1.95 bits per heavy atom. The van der Waals surface area contributed by atoms with Crippen LogP contribution < -0.4 is 4.90 Å². The maximum Gasteiger partial charge on any atom is 0.339 e. The molecule has 102 valence electrons. The number of carbonyl (C=O) groups excluding carboxylic acids is 1. The summed E-state index contributed by atoms with van der Waals surface area (Å²) in [5.74, 6) is -0.591. The van der Waals surface area contributed by atoms with Crippen molar-refractivity contribution in [3.63, 3.8) is 0 Å². The lowest BCUT2D eigenvalue weighted by Crippen LogP contribution is -2.18. The van der Waals surface area contributed by atoms with Crippen molar-refractivity contribution in [3.8, 4) is 0 Å². The molecule has 1 aliphatic rings. The van der Waals surface area contributed by atoms with Crippen LogP contribution in [0.4, 0.5) is 5.69 Å². The number of hydrogen-bond donors (Lipinski definition) is 0. The molecule has 1 aromatic rings. The van der Waals surface area contributed by atoms with Gasteiger partial charge in [-0.25, -0.2) is 4.79 Å². The minimum Gasteiger partial charge on any atom is -0.464 e. The van der Waals surface area contributed by atoms with Gasteiger partial charge in [0.15, 0.2) is 0 Å². The van der Waals surface area contributed by atoms with E-state index in [4.69, 9.17) is 4.74 Å². The molecular formula is C14H18N2O3. The molecule has 5 nitrogen and oxygen atoms in total. The topological polar surface area (TPSA) is 59.0 Å². The van der Waals surface area contributed by atoms with Gasteiger partial charge in [-0.1, -0.05) is 12.1 Å². The first kappa shape index (κ1) is 13.5. The van der Waals surface area contributed by atoms with Crippen LogP contribution in [0.1, 0.15) is 31.4 Å². The Balaban J connectivity index is 2.11. The van der Waals surface area contributed by atoms with E-state index < -0.39 is 12.0 Å². The SMILES string of the molecule is CCOC(=O)C(N=O)c1ccc(N2CCCC2)cc1. The third-order valence-corrected chi connectivity index (χ3v) is 3.30. The molecule has 1 saturated heterocycles. The van der Waals surface area contributed by atoms with Crippen molar-refractivity contribution in [3.05, 3.63) is 34.7 Å². The maximum absolute atomic E-state index is 11.6. The fourth-order valence-electron chi connectivity index (χ4n) is 2.30. The number of carbonyl (C=O) groups is 1. The summed E-state index contributed by atoms with van der Waals surface area (Å²) in [5, 5.41) is 2.87. The highest BCUT2D eigenvalue weighted by molar-refractivity contribution is 5.78. The second-order valence-corrected chi connectivity index (χ2v) is 4.55. The number of nitroso groups, excluding NO2 is 1. The normalized spacial score (nSPS) is 16.2. The summed E-state index contributed by atoms with van der Waals surface area (Å²) in [7, 11) is 0. The van der Waals surface area contributed by atoms with Gasteiger partial charge in [0.1, 0.15) is 0 Å². The molecule has 1 heterocycles. The van der Waals surface area contributed by atoms with Crippen LogP contribution >= 0.6 is 0 Å². The first-order valence-corrected chi connectivity index (χ1v) is 6.60. The van der Waals surface area contributed by atoms with Crippen LogP contribution in [0.15, 0.2) is 29.4 Å². The Morgan fingerprint density at radius 1 is 1.32 bits per heavy atom. The van der Waals surface area contributed by atoms with E-state index in [1.807, 2.05) is 12.1 Å². The van der Waals surface area contributed by atoms with Crippen molar-refractivity contribution in [2.45, 2.75) is 25.8 Å². The molecule has 0 amide bonds. The van der Waals surface area contributed by atoms with E-state index in [0.29, 0.717) is 5.56 Å². The summed E-state index contributed by atoms with van der Waals surface area (Å²) < 4.78 is 4.84. The molecule has 0 radical (unpaired) electrons. The van der Waals surface area contributed by atoms with Crippen LogP contribution in [-0.2, 0) is 9.53 Å². The van der Waals surface area contributed by atoms with E-state index in [0.717, 1.165) is 18.8 Å². The highest BCUT2D eigenvalue weighted by atomic mass is 16.5. The van der Waals surface area contributed by atoms with Gasteiger partial charge >= 0.3 is 5.97 Å². The van der Waals surface area contributed by atoms with Crippen LogP contribution in [0.2, 0.25) is 0 Å². The highest BCUT2D eigenvalue weighted by Gasteiger charge is 2.23. The van der Waals surface area contributed by atoms with Crippen molar-refractivity contribution in [2.24, 2.45) is 5.18 Å². The van der Waals surface area contributed by atoms with E-state index in [1.165, 1.54) is 12.8 Å². The van der Waals surface area contributed by atoms with E-state index in [1.54, 1.807) is 19.1 Å². The monoisotopic (exact) mass is 262 g/mol. The van der Waals surface area contributed by atoms with E-state index in [2.05, 4.69) is 10.1 Å². The Bertz CT molecular complexity index is 439. The second kappa shape index (κ2) is 6.31. The third-order valence-electron chi connectivity index (χ3n) is 3.30. The van der Waals surface area contributed by atoms with Crippen molar-refractivity contribution in [2.75, 3.05) is 24.6 Å². The Morgan fingerprint density at radius 3 is 2.47 bits per heavy atom. The summed E-state index contributed by atoms with van der Waals surface area (Å²) in [6.07, 6.45) is 2.42. The predicted molar refractivity (Wildman–Crippen MR) is 73.1 cm³/mol. The van der Waals surface area contributed by atoms with Gasteiger partial charge < -0.3 is 9.64 Å². The average molecular weight is 262 g/mol. The molecule has 1 unspecified atom stereocenters. The average Bonchev–Trinajstić information content (AvgIpc) is 2.95. The fourth-order valence-corrected chi connectivity index (χ4v) is 2.30. The lowest BCUT2D eigenvalue weighted by molar-refractivity contribution is -0.144. The molecule has 0 bridgehead atoms. The van der Waals surface area contributed by atoms with Crippen molar-refractivity contribution in [1.29, 1.82) is 0 Å². The third kappa shape index (κ3) is 3.10. The minimum absolute atomic E-state index is 0.247. The molecule has 1 fully saturated rings. The number of nitrogens with zero attached hydrogens (tertiary/aromatic N) is 2. The van der Waals surface area contributed by atoms with Gasteiger partial charge in [-0.2, -0.15) is 0 Å². The van der Waals surface area contributed by atoms with Crippen LogP contribution in [0.3, 0.4) is 0 Å². The zero-order chi connectivity index (χ0) is 13.7. The zero-order valence-corrected chi connectivity index (χ0v) is 11.0. The molecule has 0 spiro atoms. The number of ether oxygens (including phenoxy) is 1. The molecule has 1 aromatic carbocycles. The van der Waals surface area contributed by atoms with Gasteiger partial charge in [0.25, 0.3) is 0 Å². The molecule has 2 rings (SSSR count). The summed E-state index contributed by atoms with van der Waals surface area (Å²) >= 11 is 0. The first-order chi connectivity index (χ1) is 9.26. The van der Waals surface area contributed by atoms with Crippen molar-refractivity contribution in [1.82, 2.24) is 0 Å². The smallest absolute Gasteiger partial charge is 0.339 e. The zero-order valence-electron chi connectivity index (χ0n) is 11.0. The summed E-state index contributed by atoms with van der Waals surface area (Å²) in [4.78, 5) is 24.7. The Kier molecular flexibility index (Phi) is 4.49. The standard InChI is InChI=1S/C14H18N2O3/c1-2-19-14(17)13(15-18)11-5-7-12(8-6-11)16-9-3-4-10-16/h5-8,13H,2-4,9-10H2,1H3. The number of hydrogen-bond acceptors (Lipinski definition) is 5. The van der Waals surface area contributed by atoms with E-state index >= 15 is 0 Å². The molecule has 0 aliphatic carbocycles. The van der Waals surface area contributed by atoms with Gasteiger partial charge in [0.2, 0.25) is 6.04 Å². The van der Waals surface area contributed by atoms with Gasteiger partial charge in [-0.15, -0.1) is 4.91 Å².